The molecule has 10 heteroatoms. The number of rotatable bonds is 6. The van der Waals surface area contributed by atoms with Gasteiger partial charge in [0, 0.05) is 11.9 Å². The largest absolute Gasteiger partial charge is 0.480 e. The summed E-state index contributed by atoms with van der Waals surface area (Å²) in [6, 6.07) is 8.55. The predicted octanol–water partition coefficient (Wildman–Crippen LogP) is 4.98. The summed E-state index contributed by atoms with van der Waals surface area (Å²) in [7, 11) is 0. The maximum absolute atomic E-state index is 13.5. The Bertz CT molecular complexity index is 972. The zero-order valence-electron chi connectivity index (χ0n) is 20.1. The minimum atomic E-state index is -1.73. The number of benzene rings is 1. The van der Waals surface area contributed by atoms with E-state index in [1.807, 2.05) is 0 Å². The highest BCUT2D eigenvalue weighted by Gasteiger charge is 2.41. The standard InChI is InChI=1S/C24H30FN3O6/c1-23(2,3)33-21(31)28(22(32)34-24(4,5)6)18(20(29)30)15-27(19-9-7-8-14-26-19)17-12-10-16(25)11-13-17/h7-14,18H,15H2,1-6H3,(H,29,30). The van der Waals surface area contributed by atoms with Gasteiger partial charge in [0.2, 0.25) is 0 Å². The molecule has 34 heavy (non-hydrogen) atoms. The number of carbonyl (C=O) groups is 3. The van der Waals surface area contributed by atoms with E-state index in [0.717, 1.165) is 0 Å². The molecule has 2 aromatic rings. The number of aromatic nitrogens is 1. The fourth-order valence-corrected chi connectivity index (χ4v) is 2.86. The van der Waals surface area contributed by atoms with Crippen LogP contribution in [0.4, 0.5) is 25.5 Å². The van der Waals surface area contributed by atoms with E-state index >= 15 is 0 Å². The lowest BCUT2D eigenvalue weighted by molar-refractivity contribution is -0.142. The summed E-state index contributed by atoms with van der Waals surface area (Å²) in [4.78, 5) is 44.5. The molecule has 1 aromatic heterocycles. The van der Waals surface area contributed by atoms with Gasteiger partial charge in [0.15, 0.2) is 6.04 Å². The van der Waals surface area contributed by atoms with Gasteiger partial charge in [-0.25, -0.2) is 23.8 Å². The maximum atomic E-state index is 13.5. The number of carbonyl (C=O) groups excluding carboxylic acids is 2. The van der Waals surface area contributed by atoms with Crippen molar-refractivity contribution in [3.63, 3.8) is 0 Å². The highest BCUT2D eigenvalue weighted by Crippen LogP contribution is 2.26. The van der Waals surface area contributed by atoms with Crippen LogP contribution in [0, 0.1) is 5.82 Å². The van der Waals surface area contributed by atoms with Crippen LogP contribution in [-0.4, -0.2) is 56.9 Å². The third kappa shape index (κ3) is 7.72. The second-order valence-electron chi connectivity index (χ2n) is 9.46. The van der Waals surface area contributed by atoms with E-state index in [2.05, 4.69) is 4.98 Å². The van der Waals surface area contributed by atoms with Crippen molar-refractivity contribution < 1.29 is 33.4 Å². The first-order chi connectivity index (χ1) is 15.7. The number of hydrogen-bond acceptors (Lipinski definition) is 7. The van der Waals surface area contributed by atoms with Crippen LogP contribution in [0.3, 0.4) is 0 Å². The summed E-state index contributed by atoms with van der Waals surface area (Å²) in [6.45, 7) is 9.13. The Morgan fingerprint density at radius 2 is 1.47 bits per heavy atom. The van der Waals surface area contributed by atoms with E-state index < -0.39 is 47.8 Å². The zero-order valence-corrected chi connectivity index (χ0v) is 20.1. The fraction of sp³-hybridized carbons (Fsp3) is 0.417. The van der Waals surface area contributed by atoms with E-state index in [-0.39, 0.29) is 0 Å². The van der Waals surface area contributed by atoms with Gasteiger partial charge in [-0.05, 0) is 77.9 Å². The molecule has 0 aliphatic carbocycles. The number of anilines is 2. The van der Waals surface area contributed by atoms with Crippen molar-refractivity contribution in [2.75, 3.05) is 11.4 Å². The Kier molecular flexibility index (Phi) is 8.20. The normalized spacial score (nSPS) is 12.4. The first-order valence-corrected chi connectivity index (χ1v) is 10.6. The third-order valence-electron chi connectivity index (χ3n) is 4.20. The van der Waals surface area contributed by atoms with E-state index in [9.17, 15) is 23.9 Å². The van der Waals surface area contributed by atoms with Crippen LogP contribution in [0.15, 0.2) is 48.7 Å². The summed E-state index contributed by atoms with van der Waals surface area (Å²) in [5.74, 6) is -1.63. The number of nitrogens with zero attached hydrogens (tertiary/aromatic N) is 3. The zero-order chi connectivity index (χ0) is 25.7. The van der Waals surface area contributed by atoms with Crippen LogP contribution in [0.5, 0.6) is 0 Å². The molecule has 0 saturated carbocycles. The number of carboxylic acid groups (broad SMARTS) is 1. The van der Waals surface area contributed by atoms with E-state index in [0.29, 0.717) is 16.4 Å². The fourth-order valence-electron chi connectivity index (χ4n) is 2.86. The highest BCUT2D eigenvalue weighted by atomic mass is 19.1. The van der Waals surface area contributed by atoms with Crippen LogP contribution >= 0.6 is 0 Å². The van der Waals surface area contributed by atoms with Gasteiger partial charge in [0.05, 0.1) is 6.54 Å². The SMILES string of the molecule is CC(C)(C)OC(=O)N(C(=O)OC(C)(C)C)C(CN(c1ccc(F)cc1)c1ccccn1)C(=O)O. The average Bonchev–Trinajstić information content (AvgIpc) is 2.69. The van der Waals surface area contributed by atoms with E-state index in [1.165, 1.54) is 35.4 Å². The molecule has 1 aromatic carbocycles. The molecule has 2 rings (SSSR count). The van der Waals surface area contributed by atoms with Crippen molar-refractivity contribution in [2.45, 2.75) is 58.8 Å². The van der Waals surface area contributed by atoms with Crippen LogP contribution in [0.1, 0.15) is 41.5 Å². The smallest absolute Gasteiger partial charge is 0.420 e. The number of imide groups is 1. The van der Waals surface area contributed by atoms with Crippen molar-refractivity contribution in [1.82, 2.24) is 9.88 Å². The van der Waals surface area contributed by atoms with Gasteiger partial charge in [0.25, 0.3) is 0 Å². The Labute approximate surface area is 198 Å². The monoisotopic (exact) mass is 475 g/mol. The Morgan fingerprint density at radius 1 is 0.941 bits per heavy atom. The summed E-state index contributed by atoms with van der Waals surface area (Å²) >= 11 is 0. The number of aliphatic carboxylic acids is 1. The van der Waals surface area contributed by atoms with Gasteiger partial charge in [0.1, 0.15) is 22.8 Å². The molecule has 0 saturated heterocycles. The van der Waals surface area contributed by atoms with Crippen molar-refractivity contribution in [1.29, 1.82) is 0 Å². The first kappa shape index (κ1) is 26.6. The molecule has 1 unspecified atom stereocenters. The molecule has 1 heterocycles. The molecule has 0 spiro atoms. The van der Waals surface area contributed by atoms with Crippen LogP contribution in [-0.2, 0) is 14.3 Å². The summed E-state index contributed by atoms with van der Waals surface area (Å²) < 4.78 is 24.2. The molecule has 1 N–H and O–H groups in total. The van der Waals surface area contributed by atoms with E-state index in [1.54, 1.807) is 59.7 Å². The van der Waals surface area contributed by atoms with Gasteiger partial charge < -0.3 is 19.5 Å². The van der Waals surface area contributed by atoms with Crippen molar-refractivity contribution in [2.24, 2.45) is 0 Å². The van der Waals surface area contributed by atoms with Gasteiger partial charge in [-0.1, -0.05) is 6.07 Å². The Morgan fingerprint density at radius 3 is 1.88 bits per heavy atom. The van der Waals surface area contributed by atoms with Gasteiger partial charge in [-0.2, -0.15) is 4.90 Å². The summed E-state index contributed by atoms with van der Waals surface area (Å²) in [5.41, 5.74) is -1.60. The molecule has 0 radical (unpaired) electrons. The number of halogens is 1. The maximum Gasteiger partial charge on any atom is 0.420 e. The topological polar surface area (TPSA) is 109 Å². The number of carboxylic acids is 1. The van der Waals surface area contributed by atoms with Gasteiger partial charge >= 0.3 is 18.2 Å². The highest BCUT2D eigenvalue weighted by molar-refractivity contribution is 5.94. The van der Waals surface area contributed by atoms with Crippen LogP contribution < -0.4 is 4.90 Å². The molecule has 184 valence electrons. The Hall–Kier alpha value is -3.69. The molecule has 0 aliphatic heterocycles. The van der Waals surface area contributed by atoms with Crippen molar-refractivity contribution in [3.8, 4) is 0 Å². The van der Waals surface area contributed by atoms with E-state index in [4.69, 9.17) is 9.47 Å². The quantitative estimate of drug-likeness (QED) is 0.623. The predicted molar refractivity (Wildman–Crippen MR) is 123 cm³/mol. The molecule has 0 bridgehead atoms. The lowest BCUT2D eigenvalue weighted by Gasteiger charge is -2.34. The second kappa shape index (κ2) is 10.5. The molecule has 2 amide bonds. The number of amides is 2. The Balaban J connectivity index is 2.54. The molecule has 0 aliphatic rings. The number of pyridine rings is 1. The van der Waals surface area contributed by atoms with Crippen LogP contribution in [0.2, 0.25) is 0 Å². The van der Waals surface area contributed by atoms with Gasteiger partial charge in [-0.15, -0.1) is 0 Å². The lowest BCUT2D eigenvalue weighted by atomic mass is 10.2. The minimum absolute atomic E-state index is 0.327. The molecule has 1 atom stereocenters. The second-order valence-corrected chi connectivity index (χ2v) is 9.46. The molecular formula is C24H30FN3O6. The van der Waals surface area contributed by atoms with Crippen molar-refractivity contribution >= 4 is 29.7 Å². The van der Waals surface area contributed by atoms with Crippen molar-refractivity contribution in [3.05, 3.63) is 54.5 Å². The first-order valence-electron chi connectivity index (χ1n) is 10.6. The number of hydrogen-bond donors (Lipinski definition) is 1. The summed E-state index contributed by atoms with van der Waals surface area (Å²) in [5, 5.41) is 10.1. The average molecular weight is 476 g/mol. The summed E-state index contributed by atoms with van der Waals surface area (Å²) in [6.07, 6.45) is -0.843. The molecule has 9 nitrogen and oxygen atoms in total. The minimum Gasteiger partial charge on any atom is -0.480 e. The van der Waals surface area contributed by atoms with Gasteiger partial charge in [-0.3, -0.25) is 0 Å². The lowest BCUT2D eigenvalue weighted by Crippen LogP contribution is -2.55. The number of ether oxygens (including phenoxy) is 2. The third-order valence-corrected chi connectivity index (χ3v) is 4.20. The van der Waals surface area contributed by atoms with Crippen LogP contribution in [0.25, 0.3) is 0 Å². The molecule has 0 fully saturated rings. The molecular weight excluding hydrogens is 445 g/mol.